The lowest BCUT2D eigenvalue weighted by molar-refractivity contribution is 0.0677. The number of nitrogens with zero attached hydrogens (tertiary/aromatic N) is 2. The fraction of sp³-hybridized carbons (Fsp3) is 0.381. The molecular formula is C21H20F3N3O4. The number of pyridine rings is 1. The van der Waals surface area contributed by atoms with E-state index in [1.54, 1.807) is 4.90 Å². The van der Waals surface area contributed by atoms with Gasteiger partial charge in [0, 0.05) is 43.0 Å². The lowest BCUT2D eigenvalue weighted by Crippen LogP contribution is -2.44. The number of nitrogens with one attached hydrogen (secondary N) is 1. The van der Waals surface area contributed by atoms with Gasteiger partial charge in [0.15, 0.2) is 11.4 Å². The van der Waals surface area contributed by atoms with E-state index >= 15 is 0 Å². The Labute approximate surface area is 175 Å². The molecule has 1 saturated heterocycles. The third-order valence-corrected chi connectivity index (χ3v) is 5.90. The van der Waals surface area contributed by atoms with Crippen LogP contribution in [0.25, 0.3) is 0 Å². The Morgan fingerprint density at radius 2 is 1.97 bits per heavy atom. The minimum absolute atomic E-state index is 0.161. The molecule has 3 heterocycles. The van der Waals surface area contributed by atoms with Crippen LogP contribution in [0.4, 0.5) is 13.2 Å². The average Bonchev–Trinajstić information content (AvgIpc) is 2.96. The largest absolute Gasteiger partial charge is 0.503 e. The number of amides is 2. The molecule has 31 heavy (non-hydrogen) atoms. The molecule has 0 saturated carbocycles. The number of hydrogen-bond donors (Lipinski definition) is 2. The molecule has 10 heteroatoms. The number of aromatic nitrogens is 1. The number of carbonyl (C=O) groups excluding carboxylic acids is 2. The molecule has 2 aliphatic heterocycles. The Balaban J connectivity index is 1.67. The monoisotopic (exact) mass is 435 g/mol. The molecule has 0 radical (unpaired) electrons. The van der Waals surface area contributed by atoms with Crippen molar-refractivity contribution in [1.82, 2.24) is 14.8 Å². The van der Waals surface area contributed by atoms with E-state index < -0.39 is 63.7 Å². The molecule has 2 aromatic rings. The lowest BCUT2D eigenvalue weighted by atomic mass is 10.1. The quantitative estimate of drug-likeness (QED) is 0.775. The summed E-state index contributed by atoms with van der Waals surface area (Å²) in [6.45, 7) is 1.44. The molecule has 2 bridgehead atoms. The predicted molar refractivity (Wildman–Crippen MR) is 103 cm³/mol. The summed E-state index contributed by atoms with van der Waals surface area (Å²) in [7, 11) is 0. The van der Waals surface area contributed by atoms with E-state index in [0.717, 1.165) is 19.8 Å². The van der Waals surface area contributed by atoms with Crippen LogP contribution in [0, 0.1) is 24.4 Å². The maximum absolute atomic E-state index is 14.2. The van der Waals surface area contributed by atoms with Crippen molar-refractivity contribution in [3.63, 3.8) is 0 Å². The van der Waals surface area contributed by atoms with E-state index in [-0.39, 0.29) is 11.7 Å². The van der Waals surface area contributed by atoms with E-state index in [0.29, 0.717) is 25.6 Å². The van der Waals surface area contributed by atoms with E-state index in [1.165, 1.54) is 10.8 Å². The van der Waals surface area contributed by atoms with Gasteiger partial charge in [-0.2, -0.15) is 0 Å². The summed E-state index contributed by atoms with van der Waals surface area (Å²) in [4.78, 5) is 39.5. The van der Waals surface area contributed by atoms with E-state index in [4.69, 9.17) is 0 Å². The normalized spacial score (nSPS) is 17.9. The van der Waals surface area contributed by atoms with Gasteiger partial charge < -0.3 is 19.9 Å². The van der Waals surface area contributed by atoms with Crippen LogP contribution in [0.5, 0.6) is 5.75 Å². The topological polar surface area (TPSA) is 91.6 Å². The van der Waals surface area contributed by atoms with E-state index in [9.17, 15) is 32.7 Å². The average molecular weight is 435 g/mol. The minimum Gasteiger partial charge on any atom is -0.503 e. The molecule has 1 fully saturated rings. The lowest BCUT2D eigenvalue weighted by Gasteiger charge is -2.34. The fourth-order valence-electron chi connectivity index (χ4n) is 4.13. The van der Waals surface area contributed by atoms with Gasteiger partial charge in [0.05, 0.1) is 6.04 Å². The standard InChI is InChI=1S/C21H20F3N3O4/c1-10-14(22)6-15(23)12(16(10)24)7-25-20(30)13-9-27-11-4-2-3-5-26(8-11)21(31)17(27)19(29)18(13)28/h6,9,11,29H,2-5,7-8H2,1H3,(H,25,30)/t11-/m0/s1. The zero-order chi connectivity index (χ0) is 22.4. The summed E-state index contributed by atoms with van der Waals surface area (Å²) in [6, 6.07) is 0.311. The molecule has 0 aliphatic carbocycles. The van der Waals surface area contributed by atoms with Crippen LogP contribution in [0.3, 0.4) is 0 Å². The number of aromatic hydroxyl groups is 1. The van der Waals surface area contributed by atoms with Gasteiger partial charge in [0.2, 0.25) is 5.43 Å². The van der Waals surface area contributed by atoms with Crippen LogP contribution in [0.2, 0.25) is 0 Å². The van der Waals surface area contributed by atoms with Crippen molar-refractivity contribution < 1.29 is 27.9 Å². The summed E-state index contributed by atoms with van der Waals surface area (Å²) in [5.41, 5.74) is -2.61. The van der Waals surface area contributed by atoms with Gasteiger partial charge in [-0.05, 0) is 26.2 Å². The maximum Gasteiger partial charge on any atom is 0.274 e. The van der Waals surface area contributed by atoms with Gasteiger partial charge in [-0.15, -0.1) is 0 Å². The number of carbonyl (C=O) groups is 2. The molecule has 2 amide bonds. The van der Waals surface area contributed by atoms with Gasteiger partial charge >= 0.3 is 0 Å². The van der Waals surface area contributed by atoms with E-state index in [2.05, 4.69) is 5.32 Å². The highest BCUT2D eigenvalue weighted by Crippen LogP contribution is 2.31. The Kier molecular flexibility index (Phi) is 5.24. The molecule has 1 aromatic heterocycles. The molecular weight excluding hydrogens is 415 g/mol. The molecule has 4 rings (SSSR count). The summed E-state index contributed by atoms with van der Waals surface area (Å²) < 4.78 is 43.0. The van der Waals surface area contributed by atoms with Crippen molar-refractivity contribution in [2.24, 2.45) is 0 Å². The molecule has 0 spiro atoms. The molecule has 1 atom stereocenters. The van der Waals surface area contributed by atoms with Crippen LogP contribution >= 0.6 is 0 Å². The summed E-state index contributed by atoms with van der Waals surface area (Å²) in [6.07, 6.45) is 3.54. The highest BCUT2D eigenvalue weighted by molar-refractivity contribution is 5.99. The highest BCUT2D eigenvalue weighted by atomic mass is 19.1. The van der Waals surface area contributed by atoms with Crippen LogP contribution in [0.15, 0.2) is 17.1 Å². The van der Waals surface area contributed by atoms with Crippen molar-refractivity contribution >= 4 is 11.8 Å². The van der Waals surface area contributed by atoms with Crippen molar-refractivity contribution in [2.45, 2.75) is 38.8 Å². The molecule has 2 aliphatic rings. The van der Waals surface area contributed by atoms with Gasteiger partial charge in [0.25, 0.3) is 11.8 Å². The Morgan fingerprint density at radius 3 is 2.71 bits per heavy atom. The minimum atomic E-state index is -1.17. The molecule has 2 N–H and O–H groups in total. The number of benzene rings is 1. The van der Waals surface area contributed by atoms with E-state index in [1.807, 2.05) is 0 Å². The molecule has 1 aromatic carbocycles. The zero-order valence-corrected chi connectivity index (χ0v) is 16.7. The van der Waals surface area contributed by atoms with Gasteiger partial charge in [0.1, 0.15) is 23.0 Å². The Morgan fingerprint density at radius 1 is 1.23 bits per heavy atom. The summed E-state index contributed by atoms with van der Waals surface area (Å²) >= 11 is 0. The number of rotatable bonds is 3. The van der Waals surface area contributed by atoms with Crippen molar-refractivity contribution in [3.8, 4) is 5.75 Å². The van der Waals surface area contributed by atoms with Crippen LogP contribution in [0.1, 0.15) is 57.3 Å². The summed E-state index contributed by atoms with van der Waals surface area (Å²) in [5.74, 6) is -5.64. The van der Waals surface area contributed by atoms with Gasteiger partial charge in [-0.25, -0.2) is 13.2 Å². The molecule has 0 unspecified atom stereocenters. The third kappa shape index (κ3) is 3.45. The molecule has 7 nitrogen and oxygen atoms in total. The van der Waals surface area contributed by atoms with Crippen molar-refractivity contribution in [2.75, 3.05) is 13.1 Å². The zero-order valence-electron chi connectivity index (χ0n) is 16.7. The first-order valence-corrected chi connectivity index (χ1v) is 9.89. The van der Waals surface area contributed by atoms with Crippen molar-refractivity contribution in [1.29, 1.82) is 0 Å². The van der Waals surface area contributed by atoms with Crippen molar-refractivity contribution in [3.05, 3.63) is 62.3 Å². The predicted octanol–water partition coefficient (Wildman–Crippen LogP) is 2.39. The van der Waals surface area contributed by atoms with Gasteiger partial charge in [-0.1, -0.05) is 0 Å². The second-order valence-corrected chi connectivity index (χ2v) is 7.82. The van der Waals surface area contributed by atoms with Crippen LogP contribution in [-0.4, -0.2) is 39.5 Å². The number of halogens is 3. The highest BCUT2D eigenvalue weighted by Gasteiger charge is 2.36. The maximum atomic E-state index is 14.2. The fourth-order valence-corrected chi connectivity index (χ4v) is 4.13. The first-order valence-electron chi connectivity index (χ1n) is 9.89. The number of fused-ring (bicyclic) bond motifs is 4. The van der Waals surface area contributed by atoms with Crippen LogP contribution < -0.4 is 10.7 Å². The second kappa shape index (κ2) is 7.75. The number of hydrogen-bond acceptors (Lipinski definition) is 4. The Bertz CT molecular complexity index is 1160. The summed E-state index contributed by atoms with van der Waals surface area (Å²) in [5, 5.41) is 12.6. The SMILES string of the molecule is Cc1c(F)cc(F)c(CNC(=O)c2cn3c(c(O)c2=O)C(=O)N2CCCC[C@H]3C2)c1F. The molecule has 164 valence electrons. The second-order valence-electron chi connectivity index (χ2n) is 7.82. The van der Waals surface area contributed by atoms with Gasteiger partial charge in [-0.3, -0.25) is 14.4 Å². The Hall–Kier alpha value is -3.30. The first kappa shape index (κ1) is 21.0. The third-order valence-electron chi connectivity index (χ3n) is 5.90. The smallest absolute Gasteiger partial charge is 0.274 e. The first-order chi connectivity index (χ1) is 14.7. The van der Waals surface area contributed by atoms with Crippen LogP contribution in [-0.2, 0) is 6.54 Å².